The van der Waals surface area contributed by atoms with Gasteiger partial charge in [-0.3, -0.25) is 4.79 Å². The normalized spacial score (nSPS) is 19.4. The van der Waals surface area contributed by atoms with Crippen LogP contribution in [0.1, 0.15) is 59.0 Å². The van der Waals surface area contributed by atoms with Crippen LogP contribution < -0.4 is 5.73 Å². The number of carbonyl (C=O) groups excluding carboxylic acids is 1. The molecule has 1 amide bonds. The van der Waals surface area contributed by atoms with E-state index in [1.807, 2.05) is 0 Å². The Bertz CT molecular complexity index is 1330. The highest BCUT2D eigenvalue weighted by atomic mass is 19.4. The first kappa shape index (κ1) is 27.2. The van der Waals surface area contributed by atoms with E-state index in [1.165, 1.54) is 12.4 Å². The molecule has 4 heterocycles. The topological polar surface area (TPSA) is 144 Å². The van der Waals surface area contributed by atoms with Gasteiger partial charge in [-0.25, -0.2) is 15.0 Å². The maximum atomic E-state index is 13.9. The number of rotatable bonds is 2. The summed E-state index contributed by atoms with van der Waals surface area (Å²) in [5.41, 5.74) is -0.947. The Labute approximate surface area is 210 Å². The molecule has 16 heteroatoms. The highest BCUT2D eigenvalue weighted by Crippen LogP contribution is 2.43. The number of fused-ring (bicyclic) bond motifs is 5. The Hall–Kier alpha value is -3.82. The number of amides is 1. The van der Waals surface area contributed by atoms with Crippen molar-refractivity contribution < 1.29 is 40.7 Å². The third kappa shape index (κ3) is 5.25. The van der Waals surface area contributed by atoms with E-state index in [-0.39, 0.29) is 38.2 Å². The van der Waals surface area contributed by atoms with E-state index >= 15 is 0 Å². The smallest absolute Gasteiger partial charge is 0.416 e. The average Bonchev–Trinajstić information content (AvgIpc) is 3.32. The lowest BCUT2D eigenvalue weighted by atomic mass is 9.95. The van der Waals surface area contributed by atoms with Crippen LogP contribution in [-0.2, 0) is 18.3 Å². The first-order valence-corrected chi connectivity index (χ1v) is 11.3. The Kier molecular flexibility index (Phi) is 7.03. The Morgan fingerprint density at radius 3 is 2.39 bits per heavy atom. The maximum Gasteiger partial charge on any atom is 0.426 e. The Morgan fingerprint density at radius 2 is 1.76 bits per heavy atom. The molecular weight excluding hydrogens is 524 g/mol. The van der Waals surface area contributed by atoms with Crippen LogP contribution in [0, 0.1) is 6.92 Å². The molecule has 3 aromatic rings. The second kappa shape index (κ2) is 9.81. The summed E-state index contributed by atoms with van der Waals surface area (Å²) in [4.78, 5) is 26.3. The van der Waals surface area contributed by atoms with Gasteiger partial charge >= 0.3 is 12.4 Å². The predicted octanol–water partition coefficient (Wildman–Crippen LogP) is 3.80. The molecule has 4 bridgehead atoms. The summed E-state index contributed by atoms with van der Waals surface area (Å²) in [6, 6.07) is 0.418. The average molecular weight is 545 g/mol. The number of alkyl halides is 6. The number of aromatic nitrogens is 5. The van der Waals surface area contributed by atoms with Gasteiger partial charge in [0.05, 0.1) is 17.8 Å². The molecule has 10 nitrogen and oxygen atoms in total. The number of aryl methyl sites for hydroxylation is 1. The van der Waals surface area contributed by atoms with E-state index < -0.39 is 64.7 Å². The first-order valence-electron chi connectivity index (χ1n) is 11.3. The Morgan fingerprint density at radius 1 is 1.08 bits per heavy atom. The molecule has 0 spiro atoms. The highest BCUT2D eigenvalue weighted by Gasteiger charge is 2.58. The fourth-order valence-corrected chi connectivity index (χ4v) is 3.87. The zero-order valence-electron chi connectivity index (χ0n) is 19.8. The molecule has 4 rings (SSSR count). The van der Waals surface area contributed by atoms with E-state index in [1.54, 1.807) is 6.92 Å². The zero-order valence-corrected chi connectivity index (χ0v) is 19.8. The summed E-state index contributed by atoms with van der Waals surface area (Å²) < 4.78 is 88.2. The molecule has 0 aliphatic carbocycles. The molecule has 38 heavy (non-hydrogen) atoms. The van der Waals surface area contributed by atoms with Crippen molar-refractivity contribution in [2.75, 3.05) is 12.3 Å². The number of nitrogens with two attached hydrogens (primary N) is 1. The summed E-state index contributed by atoms with van der Waals surface area (Å²) in [7, 11) is 0. The quantitative estimate of drug-likeness (QED) is 0.460. The van der Waals surface area contributed by atoms with Crippen LogP contribution in [-0.4, -0.2) is 53.8 Å². The number of aliphatic hydroxyl groups is 1. The second-order valence-electron chi connectivity index (χ2n) is 8.80. The number of halogens is 6. The standard InChI is InChI=1S/C22H21F6N7O3/c1-11-8-30-14(31-9-11)10-35-6-4-2-3-5-20(37,22(26,27)28)19-34-33-17(38-19)16-13(29)7-12(21(23,24)25)15(32-16)18(35)36/h7-9,37H,2-6,10,29H2,1H3/t20-/m1/s1. The van der Waals surface area contributed by atoms with Crippen LogP contribution in [0.4, 0.5) is 32.0 Å². The van der Waals surface area contributed by atoms with Gasteiger partial charge in [0.25, 0.3) is 17.7 Å². The van der Waals surface area contributed by atoms with E-state index in [2.05, 4.69) is 25.1 Å². The third-order valence-electron chi connectivity index (χ3n) is 5.93. The molecule has 0 fully saturated rings. The molecule has 0 radical (unpaired) electrons. The second-order valence-corrected chi connectivity index (χ2v) is 8.80. The van der Waals surface area contributed by atoms with Crippen LogP contribution in [0.3, 0.4) is 0 Å². The van der Waals surface area contributed by atoms with Crippen molar-refractivity contribution in [3.63, 3.8) is 0 Å². The number of hydrogen-bond donors (Lipinski definition) is 2. The largest absolute Gasteiger partial charge is 0.426 e. The lowest BCUT2D eigenvalue weighted by molar-refractivity contribution is -0.277. The number of anilines is 1. The Balaban J connectivity index is 1.87. The number of pyridine rings is 1. The van der Waals surface area contributed by atoms with Crippen molar-refractivity contribution in [2.24, 2.45) is 0 Å². The molecule has 0 saturated carbocycles. The fraction of sp³-hybridized carbons (Fsp3) is 0.455. The lowest BCUT2D eigenvalue weighted by Crippen LogP contribution is -2.42. The molecule has 204 valence electrons. The third-order valence-corrected chi connectivity index (χ3v) is 5.93. The van der Waals surface area contributed by atoms with E-state index in [9.17, 15) is 36.2 Å². The zero-order chi connectivity index (χ0) is 27.9. The molecule has 0 saturated heterocycles. The molecule has 1 aliphatic heterocycles. The lowest BCUT2D eigenvalue weighted by Gasteiger charge is -2.27. The van der Waals surface area contributed by atoms with Crippen molar-refractivity contribution in [3.05, 3.63) is 47.0 Å². The predicted molar refractivity (Wildman–Crippen MR) is 117 cm³/mol. The van der Waals surface area contributed by atoms with Gasteiger partial charge < -0.3 is 20.2 Å². The monoisotopic (exact) mass is 545 g/mol. The number of hydrogen-bond acceptors (Lipinski definition) is 9. The van der Waals surface area contributed by atoms with Gasteiger partial charge in [-0.1, -0.05) is 6.42 Å². The van der Waals surface area contributed by atoms with Crippen LogP contribution in [0.5, 0.6) is 0 Å². The summed E-state index contributed by atoms with van der Waals surface area (Å²) in [5, 5.41) is 17.2. The first-order chi connectivity index (χ1) is 17.7. The maximum absolute atomic E-state index is 13.9. The van der Waals surface area contributed by atoms with Gasteiger partial charge in [-0.05, 0) is 37.8 Å². The van der Waals surface area contributed by atoms with Crippen molar-refractivity contribution in [1.29, 1.82) is 0 Å². The van der Waals surface area contributed by atoms with Crippen LogP contribution >= 0.6 is 0 Å². The molecule has 0 aromatic carbocycles. The minimum Gasteiger partial charge on any atom is -0.416 e. The SMILES string of the molecule is Cc1cnc(CN2CCCCC[C@](O)(C(F)(F)F)c3nnc(o3)-c3nc(c(C(F)(F)F)cc3N)C2=O)nc1. The van der Waals surface area contributed by atoms with Crippen molar-refractivity contribution in [2.45, 2.75) is 57.1 Å². The van der Waals surface area contributed by atoms with E-state index in [0.717, 1.165) is 4.90 Å². The van der Waals surface area contributed by atoms with Crippen molar-refractivity contribution in [3.8, 4) is 11.6 Å². The van der Waals surface area contributed by atoms with Crippen molar-refractivity contribution in [1.82, 2.24) is 30.0 Å². The molecule has 3 aromatic heterocycles. The van der Waals surface area contributed by atoms with E-state index in [4.69, 9.17) is 10.2 Å². The van der Waals surface area contributed by atoms with Crippen LogP contribution in [0.25, 0.3) is 11.6 Å². The minimum absolute atomic E-state index is 0.0739. The molecule has 1 atom stereocenters. The van der Waals surface area contributed by atoms with Gasteiger partial charge in [-0.2, -0.15) is 26.3 Å². The van der Waals surface area contributed by atoms with Gasteiger partial charge in [0.15, 0.2) is 5.69 Å². The fourth-order valence-electron chi connectivity index (χ4n) is 3.87. The van der Waals surface area contributed by atoms with E-state index in [0.29, 0.717) is 11.6 Å². The number of nitrogens with zero attached hydrogens (tertiary/aromatic N) is 6. The highest BCUT2D eigenvalue weighted by molar-refractivity contribution is 5.95. The van der Waals surface area contributed by atoms with Gasteiger partial charge in [0.2, 0.25) is 5.60 Å². The van der Waals surface area contributed by atoms with Crippen molar-refractivity contribution >= 4 is 11.6 Å². The summed E-state index contributed by atoms with van der Waals surface area (Å²) in [6.07, 6.45) is -8.20. The van der Waals surface area contributed by atoms with Crippen LogP contribution in [0.15, 0.2) is 22.9 Å². The van der Waals surface area contributed by atoms with Gasteiger partial charge in [0.1, 0.15) is 11.5 Å². The molecule has 1 aliphatic rings. The van der Waals surface area contributed by atoms with Gasteiger partial charge in [-0.15, -0.1) is 10.2 Å². The number of carbonyl (C=O) groups is 1. The molecule has 0 unspecified atom stereocenters. The molecular formula is C22H21F6N7O3. The van der Waals surface area contributed by atoms with Gasteiger partial charge in [0, 0.05) is 18.9 Å². The van der Waals surface area contributed by atoms with Crippen LogP contribution in [0.2, 0.25) is 0 Å². The summed E-state index contributed by atoms with van der Waals surface area (Å²) in [5.74, 6) is -3.02. The molecule has 3 N–H and O–H groups in total. The number of nitrogen functional groups attached to an aromatic ring is 1. The minimum atomic E-state index is -5.21. The summed E-state index contributed by atoms with van der Waals surface area (Å²) >= 11 is 0. The summed E-state index contributed by atoms with van der Waals surface area (Å²) in [6.45, 7) is 1.27.